The zero-order valence-corrected chi connectivity index (χ0v) is 16.9. The summed E-state index contributed by atoms with van der Waals surface area (Å²) in [4.78, 5) is 27.4. The van der Waals surface area contributed by atoms with Gasteiger partial charge in [-0.15, -0.1) is 0 Å². The lowest BCUT2D eigenvalue weighted by Gasteiger charge is -2.37. The molecular formula is C23H27FN2O3. The second-order valence-corrected chi connectivity index (χ2v) is 7.54. The highest BCUT2D eigenvalue weighted by Gasteiger charge is 2.28. The summed E-state index contributed by atoms with van der Waals surface area (Å²) < 4.78 is 14.7. The monoisotopic (exact) mass is 398 g/mol. The zero-order valence-electron chi connectivity index (χ0n) is 16.9. The van der Waals surface area contributed by atoms with Gasteiger partial charge in [-0.25, -0.2) is 4.39 Å². The van der Waals surface area contributed by atoms with E-state index in [1.54, 1.807) is 17.0 Å². The molecule has 1 heterocycles. The minimum Gasteiger partial charge on any atom is -0.480 e. The van der Waals surface area contributed by atoms with Crippen molar-refractivity contribution in [2.75, 3.05) is 26.2 Å². The fourth-order valence-corrected chi connectivity index (χ4v) is 3.89. The molecule has 1 aliphatic rings. The fraction of sp³-hybridized carbons (Fsp3) is 0.391. The van der Waals surface area contributed by atoms with E-state index in [9.17, 15) is 14.0 Å². The molecule has 1 amide bonds. The molecule has 2 aromatic rings. The van der Waals surface area contributed by atoms with E-state index in [1.807, 2.05) is 43.0 Å². The fourth-order valence-electron chi connectivity index (χ4n) is 3.89. The van der Waals surface area contributed by atoms with Gasteiger partial charge in [0.2, 0.25) is 0 Å². The molecule has 1 aliphatic heterocycles. The molecule has 154 valence electrons. The van der Waals surface area contributed by atoms with Crippen LogP contribution in [-0.4, -0.2) is 59.0 Å². The summed E-state index contributed by atoms with van der Waals surface area (Å²) in [5.41, 5.74) is 2.86. The van der Waals surface area contributed by atoms with Gasteiger partial charge in [0, 0.05) is 19.1 Å². The van der Waals surface area contributed by atoms with Crippen molar-refractivity contribution < 1.29 is 19.1 Å². The minimum absolute atomic E-state index is 0.00418. The van der Waals surface area contributed by atoms with Crippen LogP contribution in [0.15, 0.2) is 42.5 Å². The molecule has 0 spiro atoms. The van der Waals surface area contributed by atoms with Gasteiger partial charge in [-0.2, -0.15) is 0 Å². The number of aliphatic carboxylic acids is 1. The highest BCUT2D eigenvalue weighted by molar-refractivity contribution is 5.95. The topological polar surface area (TPSA) is 60.9 Å². The van der Waals surface area contributed by atoms with Gasteiger partial charge in [0.25, 0.3) is 5.91 Å². The van der Waals surface area contributed by atoms with Crippen LogP contribution in [0.2, 0.25) is 0 Å². The predicted octanol–water partition coefficient (Wildman–Crippen LogP) is 3.81. The van der Waals surface area contributed by atoms with Crippen LogP contribution in [0.1, 0.15) is 35.7 Å². The normalized spacial score (nSPS) is 15.0. The lowest BCUT2D eigenvalue weighted by Crippen LogP contribution is -2.48. The van der Waals surface area contributed by atoms with Gasteiger partial charge in [-0.05, 0) is 49.6 Å². The van der Waals surface area contributed by atoms with Crippen molar-refractivity contribution in [3.8, 4) is 11.1 Å². The third-order valence-electron chi connectivity index (χ3n) is 5.60. The van der Waals surface area contributed by atoms with Crippen molar-refractivity contribution >= 4 is 11.9 Å². The number of rotatable bonds is 6. The average molecular weight is 398 g/mol. The van der Waals surface area contributed by atoms with Crippen LogP contribution >= 0.6 is 0 Å². The van der Waals surface area contributed by atoms with Crippen molar-refractivity contribution in [2.45, 2.75) is 32.7 Å². The Morgan fingerprint density at radius 1 is 1.10 bits per heavy atom. The largest absolute Gasteiger partial charge is 0.480 e. The first-order valence-corrected chi connectivity index (χ1v) is 10.0. The summed E-state index contributed by atoms with van der Waals surface area (Å²) in [6, 6.07) is 12.7. The number of hydrogen-bond acceptors (Lipinski definition) is 3. The molecule has 0 aromatic heterocycles. The standard InChI is InChI=1S/C23H27FN2O3/c1-3-25(15-22(27)28)19-10-12-26(13-11-19)23(29)20-9-8-18(14-21(20)24)17-6-4-16(2)5-7-17/h4-9,14,19H,3,10-13,15H2,1-2H3,(H,27,28). The average Bonchev–Trinajstić information content (AvgIpc) is 2.72. The SMILES string of the molecule is CCN(CC(=O)O)C1CCN(C(=O)c2ccc(-c3ccc(C)cc3)cc2F)CC1. The number of carboxylic acid groups (broad SMARTS) is 1. The van der Waals surface area contributed by atoms with Crippen molar-refractivity contribution in [1.29, 1.82) is 0 Å². The molecular weight excluding hydrogens is 371 g/mol. The number of carboxylic acids is 1. The number of piperidine rings is 1. The van der Waals surface area contributed by atoms with Crippen LogP contribution in [0.25, 0.3) is 11.1 Å². The van der Waals surface area contributed by atoms with E-state index < -0.39 is 11.8 Å². The van der Waals surface area contributed by atoms with E-state index in [2.05, 4.69) is 0 Å². The summed E-state index contributed by atoms with van der Waals surface area (Å²) in [5.74, 6) is -1.67. The zero-order chi connectivity index (χ0) is 21.0. The van der Waals surface area contributed by atoms with Gasteiger partial charge in [-0.1, -0.05) is 42.8 Å². The van der Waals surface area contributed by atoms with Gasteiger partial charge in [0.1, 0.15) is 5.82 Å². The van der Waals surface area contributed by atoms with Crippen molar-refractivity contribution in [1.82, 2.24) is 9.80 Å². The molecule has 0 unspecified atom stereocenters. The number of halogens is 1. The van der Waals surface area contributed by atoms with Crippen LogP contribution < -0.4 is 0 Å². The smallest absolute Gasteiger partial charge is 0.317 e. The Hall–Kier alpha value is -2.73. The molecule has 3 rings (SSSR count). The van der Waals surface area contributed by atoms with Gasteiger partial charge < -0.3 is 10.0 Å². The van der Waals surface area contributed by atoms with E-state index in [0.29, 0.717) is 32.5 Å². The molecule has 1 fully saturated rings. The molecule has 5 nitrogen and oxygen atoms in total. The van der Waals surface area contributed by atoms with Gasteiger partial charge in [-0.3, -0.25) is 14.5 Å². The van der Waals surface area contributed by atoms with E-state index in [0.717, 1.165) is 16.7 Å². The molecule has 1 N–H and O–H groups in total. The van der Waals surface area contributed by atoms with Crippen LogP contribution in [-0.2, 0) is 4.79 Å². The third-order valence-corrected chi connectivity index (χ3v) is 5.60. The molecule has 1 saturated heterocycles. The third kappa shape index (κ3) is 5.01. The number of aryl methyl sites for hydroxylation is 1. The van der Waals surface area contributed by atoms with Crippen LogP contribution in [0.4, 0.5) is 4.39 Å². The Balaban J connectivity index is 1.67. The van der Waals surface area contributed by atoms with E-state index in [-0.39, 0.29) is 24.1 Å². The Morgan fingerprint density at radius 2 is 1.72 bits per heavy atom. The summed E-state index contributed by atoms with van der Waals surface area (Å²) >= 11 is 0. The van der Waals surface area contributed by atoms with E-state index in [1.165, 1.54) is 6.07 Å². The molecule has 0 bridgehead atoms. The Labute approximate surface area is 170 Å². The van der Waals surface area contributed by atoms with Crippen LogP contribution in [0, 0.1) is 12.7 Å². The number of carbonyl (C=O) groups excluding carboxylic acids is 1. The highest BCUT2D eigenvalue weighted by atomic mass is 19.1. The summed E-state index contributed by atoms with van der Waals surface area (Å²) in [6.45, 7) is 5.59. The maximum absolute atomic E-state index is 14.7. The Kier molecular flexibility index (Phi) is 6.64. The van der Waals surface area contributed by atoms with Crippen LogP contribution in [0.3, 0.4) is 0 Å². The van der Waals surface area contributed by atoms with Crippen LogP contribution in [0.5, 0.6) is 0 Å². The lowest BCUT2D eigenvalue weighted by molar-refractivity contribution is -0.139. The Morgan fingerprint density at radius 3 is 2.28 bits per heavy atom. The number of likely N-dealkylation sites (N-methyl/N-ethyl adjacent to an activating group) is 1. The van der Waals surface area contributed by atoms with Gasteiger partial charge in [0.15, 0.2) is 0 Å². The molecule has 0 radical (unpaired) electrons. The molecule has 0 saturated carbocycles. The highest BCUT2D eigenvalue weighted by Crippen LogP contribution is 2.24. The number of benzene rings is 2. The summed E-state index contributed by atoms with van der Waals surface area (Å²) in [7, 11) is 0. The molecule has 2 aromatic carbocycles. The maximum atomic E-state index is 14.7. The summed E-state index contributed by atoms with van der Waals surface area (Å²) in [5, 5.41) is 9.04. The Bertz CT molecular complexity index is 874. The van der Waals surface area contributed by atoms with Gasteiger partial charge in [0.05, 0.1) is 12.1 Å². The second kappa shape index (κ2) is 9.18. The van der Waals surface area contributed by atoms with E-state index in [4.69, 9.17) is 5.11 Å². The van der Waals surface area contributed by atoms with Crippen molar-refractivity contribution in [3.63, 3.8) is 0 Å². The first-order chi connectivity index (χ1) is 13.9. The second-order valence-electron chi connectivity index (χ2n) is 7.54. The van der Waals surface area contributed by atoms with Crippen molar-refractivity contribution in [3.05, 3.63) is 59.4 Å². The first-order valence-electron chi connectivity index (χ1n) is 10.0. The molecule has 29 heavy (non-hydrogen) atoms. The predicted molar refractivity (Wildman–Crippen MR) is 110 cm³/mol. The first kappa shape index (κ1) is 21.0. The quantitative estimate of drug-likeness (QED) is 0.804. The van der Waals surface area contributed by atoms with Gasteiger partial charge >= 0.3 is 5.97 Å². The molecule has 6 heteroatoms. The number of carbonyl (C=O) groups is 2. The van der Waals surface area contributed by atoms with Crippen molar-refractivity contribution in [2.24, 2.45) is 0 Å². The molecule has 0 aliphatic carbocycles. The van der Waals surface area contributed by atoms with E-state index >= 15 is 0 Å². The number of amides is 1. The number of hydrogen-bond donors (Lipinski definition) is 1. The lowest BCUT2D eigenvalue weighted by atomic mass is 10.00. The molecule has 0 atom stereocenters. The minimum atomic E-state index is -0.846. The number of likely N-dealkylation sites (tertiary alicyclic amines) is 1. The maximum Gasteiger partial charge on any atom is 0.317 e. The summed E-state index contributed by atoms with van der Waals surface area (Å²) in [6.07, 6.45) is 1.38. The number of nitrogens with zero attached hydrogens (tertiary/aromatic N) is 2.